The highest BCUT2D eigenvalue weighted by Gasteiger charge is 2.32. The Morgan fingerprint density at radius 1 is 0.853 bits per heavy atom. The first kappa shape index (κ1) is 24.2. The van der Waals surface area contributed by atoms with Crippen LogP contribution in [0.5, 0.6) is 0 Å². The molecule has 34 heavy (non-hydrogen) atoms. The molecule has 0 saturated carbocycles. The van der Waals surface area contributed by atoms with Crippen LogP contribution in [0.1, 0.15) is 5.56 Å². The van der Waals surface area contributed by atoms with Gasteiger partial charge in [0, 0.05) is 31.6 Å². The average molecular weight is 502 g/mol. The lowest BCUT2D eigenvalue weighted by Crippen LogP contribution is -2.53. The smallest absolute Gasteiger partial charge is 0.243 e. The van der Waals surface area contributed by atoms with Gasteiger partial charge in [-0.3, -0.25) is 9.10 Å². The molecule has 3 aromatic carbocycles. The Bertz CT molecular complexity index is 1410. The highest BCUT2D eigenvalue weighted by Crippen LogP contribution is 2.28. The predicted molar refractivity (Wildman–Crippen MR) is 133 cm³/mol. The molecule has 1 aliphatic heterocycles. The van der Waals surface area contributed by atoms with E-state index in [4.69, 9.17) is 0 Å². The van der Waals surface area contributed by atoms with Crippen molar-refractivity contribution in [1.29, 1.82) is 0 Å². The topological polar surface area (TPSA) is 95.1 Å². The van der Waals surface area contributed by atoms with Crippen LogP contribution in [0.4, 0.5) is 5.69 Å². The number of hydrogen-bond acceptors (Lipinski definition) is 5. The molecule has 1 saturated heterocycles. The van der Waals surface area contributed by atoms with Gasteiger partial charge in [0.05, 0.1) is 16.8 Å². The molecule has 0 spiro atoms. The molecule has 0 aliphatic carbocycles. The molecule has 0 aromatic heterocycles. The number of nitrogens with zero attached hydrogens (tertiary/aromatic N) is 3. The van der Waals surface area contributed by atoms with E-state index < -0.39 is 20.0 Å². The molecular formula is C24H27N3O5S2. The SMILES string of the molecule is Cc1ccc(S(=O)(=O)N2CCN(C(=O)CN(c3cccc4ccccc34)S(C)(=O)=O)CC2)cc1. The standard InChI is InChI=1S/C24H27N3O5S2/c1-19-10-12-21(13-11-19)34(31,32)26-16-14-25(15-17-26)24(28)18-27(33(2,29)30)23-9-5-7-20-6-3-4-8-22(20)23/h3-13H,14-18H2,1-2H3. The first-order valence-corrected chi connectivity index (χ1v) is 14.2. The highest BCUT2D eigenvalue weighted by molar-refractivity contribution is 7.92. The summed E-state index contributed by atoms with van der Waals surface area (Å²) in [6.45, 7) is 2.22. The van der Waals surface area contributed by atoms with Crippen molar-refractivity contribution >= 4 is 42.4 Å². The second-order valence-electron chi connectivity index (χ2n) is 8.37. The van der Waals surface area contributed by atoms with Crippen LogP contribution in [0, 0.1) is 6.92 Å². The van der Waals surface area contributed by atoms with Crippen LogP contribution >= 0.6 is 0 Å². The zero-order chi connectivity index (χ0) is 24.5. The Labute approximate surface area is 200 Å². The summed E-state index contributed by atoms with van der Waals surface area (Å²) < 4.78 is 53.6. The molecule has 0 bridgehead atoms. The van der Waals surface area contributed by atoms with E-state index in [-0.39, 0.29) is 43.5 Å². The van der Waals surface area contributed by atoms with Gasteiger partial charge in [-0.05, 0) is 30.5 Å². The third-order valence-electron chi connectivity index (χ3n) is 5.96. The molecule has 1 heterocycles. The lowest BCUT2D eigenvalue weighted by Gasteiger charge is -2.35. The number of carbonyl (C=O) groups excluding carboxylic acids is 1. The Hall–Kier alpha value is -2.95. The Balaban J connectivity index is 1.49. The first-order valence-electron chi connectivity index (χ1n) is 10.9. The lowest BCUT2D eigenvalue weighted by atomic mass is 10.1. The van der Waals surface area contributed by atoms with Gasteiger partial charge in [-0.2, -0.15) is 4.31 Å². The maximum atomic E-state index is 13.1. The molecular weight excluding hydrogens is 474 g/mol. The number of anilines is 1. The molecule has 0 unspecified atom stereocenters. The number of amides is 1. The van der Waals surface area contributed by atoms with Crippen molar-refractivity contribution in [2.45, 2.75) is 11.8 Å². The molecule has 3 aromatic rings. The molecule has 0 atom stereocenters. The highest BCUT2D eigenvalue weighted by atomic mass is 32.2. The third-order valence-corrected chi connectivity index (χ3v) is 9.00. The van der Waals surface area contributed by atoms with Crippen LogP contribution in [0.2, 0.25) is 0 Å². The normalized spacial score (nSPS) is 15.4. The summed E-state index contributed by atoms with van der Waals surface area (Å²) in [5.74, 6) is -0.370. The molecule has 1 aliphatic rings. The van der Waals surface area contributed by atoms with Gasteiger partial charge in [-0.25, -0.2) is 16.8 Å². The molecule has 10 heteroatoms. The van der Waals surface area contributed by atoms with E-state index in [2.05, 4.69) is 0 Å². The summed E-state index contributed by atoms with van der Waals surface area (Å²) in [7, 11) is -7.39. The summed E-state index contributed by atoms with van der Waals surface area (Å²) in [4.78, 5) is 14.8. The van der Waals surface area contributed by atoms with E-state index in [1.165, 1.54) is 9.21 Å². The fourth-order valence-corrected chi connectivity index (χ4v) is 6.35. The van der Waals surface area contributed by atoms with E-state index in [1.807, 2.05) is 37.3 Å². The van der Waals surface area contributed by atoms with Crippen molar-refractivity contribution in [1.82, 2.24) is 9.21 Å². The van der Waals surface area contributed by atoms with E-state index in [0.717, 1.165) is 26.9 Å². The summed E-state index contributed by atoms with van der Waals surface area (Å²) in [6, 6.07) is 19.4. The fourth-order valence-electron chi connectivity index (χ4n) is 4.07. The number of piperazine rings is 1. The second-order valence-corrected chi connectivity index (χ2v) is 12.2. The van der Waals surface area contributed by atoms with E-state index in [1.54, 1.807) is 36.4 Å². The zero-order valence-corrected chi connectivity index (χ0v) is 20.7. The van der Waals surface area contributed by atoms with Crippen molar-refractivity contribution in [3.05, 3.63) is 72.3 Å². The summed E-state index contributed by atoms with van der Waals surface area (Å²) in [6.07, 6.45) is 1.08. The van der Waals surface area contributed by atoms with Crippen molar-refractivity contribution in [3.8, 4) is 0 Å². The molecule has 4 rings (SSSR count). The Morgan fingerprint density at radius 3 is 2.12 bits per heavy atom. The van der Waals surface area contributed by atoms with Gasteiger partial charge < -0.3 is 4.90 Å². The van der Waals surface area contributed by atoms with Gasteiger partial charge >= 0.3 is 0 Å². The molecule has 0 N–H and O–H groups in total. The van der Waals surface area contributed by atoms with Crippen molar-refractivity contribution < 1.29 is 21.6 Å². The van der Waals surface area contributed by atoms with Crippen molar-refractivity contribution in [2.24, 2.45) is 0 Å². The zero-order valence-electron chi connectivity index (χ0n) is 19.1. The number of aryl methyl sites for hydroxylation is 1. The van der Waals surface area contributed by atoms with Crippen LogP contribution in [-0.4, -0.2) is 70.9 Å². The van der Waals surface area contributed by atoms with Gasteiger partial charge in [-0.1, -0.05) is 54.1 Å². The van der Waals surface area contributed by atoms with Crippen LogP contribution in [0.25, 0.3) is 10.8 Å². The first-order chi connectivity index (χ1) is 16.1. The average Bonchev–Trinajstić information content (AvgIpc) is 2.82. The summed E-state index contributed by atoms with van der Waals surface area (Å²) in [5.41, 5.74) is 1.41. The predicted octanol–water partition coefficient (Wildman–Crippen LogP) is 2.45. The monoisotopic (exact) mass is 501 g/mol. The molecule has 180 valence electrons. The molecule has 8 nitrogen and oxygen atoms in total. The van der Waals surface area contributed by atoms with Gasteiger partial charge in [0.25, 0.3) is 0 Å². The van der Waals surface area contributed by atoms with Gasteiger partial charge in [0.1, 0.15) is 6.54 Å². The third kappa shape index (κ3) is 4.94. The molecule has 1 fully saturated rings. The Kier molecular flexibility index (Phi) is 6.66. The number of sulfonamides is 2. The van der Waals surface area contributed by atoms with Gasteiger partial charge in [0.15, 0.2) is 0 Å². The van der Waals surface area contributed by atoms with E-state index >= 15 is 0 Å². The van der Waals surface area contributed by atoms with Crippen molar-refractivity contribution in [3.63, 3.8) is 0 Å². The quantitative estimate of drug-likeness (QED) is 0.517. The van der Waals surface area contributed by atoms with Crippen LogP contribution in [0.15, 0.2) is 71.6 Å². The van der Waals surface area contributed by atoms with Gasteiger partial charge in [0.2, 0.25) is 26.0 Å². The maximum Gasteiger partial charge on any atom is 0.243 e. The van der Waals surface area contributed by atoms with Crippen LogP contribution in [0.3, 0.4) is 0 Å². The maximum absolute atomic E-state index is 13.1. The number of carbonyl (C=O) groups is 1. The van der Waals surface area contributed by atoms with Crippen LogP contribution < -0.4 is 4.31 Å². The minimum atomic E-state index is -3.74. The molecule has 0 radical (unpaired) electrons. The number of fused-ring (bicyclic) bond motifs is 1. The number of hydrogen-bond donors (Lipinski definition) is 0. The largest absolute Gasteiger partial charge is 0.338 e. The lowest BCUT2D eigenvalue weighted by molar-refractivity contribution is -0.130. The summed E-state index contributed by atoms with van der Waals surface area (Å²) in [5, 5.41) is 1.60. The minimum absolute atomic E-state index is 0.148. The van der Waals surface area contributed by atoms with Gasteiger partial charge in [-0.15, -0.1) is 0 Å². The van der Waals surface area contributed by atoms with E-state index in [9.17, 15) is 21.6 Å². The Morgan fingerprint density at radius 2 is 1.47 bits per heavy atom. The summed E-state index contributed by atoms with van der Waals surface area (Å²) >= 11 is 0. The minimum Gasteiger partial charge on any atom is -0.338 e. The number of rotatable bonds is 6. The second kappa shape index (κ2) is 9.36. The van der Waals surface area contributed by atoms with E-state index in [0.29, 0.717) is 5.69 Å². The number of benzene rings is 3. The van der Waals surface area contributed by atoms with Crippen LogP contribution in [-0.2, 0) is 24.8 Å². The van der Waals surface area contributed by atoms with Crippen molar-refractivity contribution in [2.75, 3.05) is 43.3 Å². The fraction of sp³-hybridized carbons (Fsp3) is 0.292. The molecule has 1 amide bonds.